The van der Waals surface area contributed by atoms with Crippen molar-refractivity contribution >= 4 is 105 Å². The first kappa shape index (κ1) is 85.7. The van der Waals surface area contributed by atoms with E-state index < -0.39 is 132 Å². The Morgan fingerprint density at radius 2 is 1.09 bits per heavy atom. The minimum atomic E-state index is -1.83. The number of aliphatic hydroxyl groups is 1. The molecule has 9 rings (SSSR count). The van der Waals surface area contributed by atoms with Gasteiger partial charge >= 0.3 is 6.03 Å². The molecule has 0 saturated carbocycles. The van der Waals surface area contributed by atoms with Gasteiger partial charge in [0.2, 0.25) is 59.1 Å². The summed E-state index contributed by atoms with van der Waals surface area (Å²) in [4.78, 5) is 177. The number of guanidine groups is 1. The Hall–Kier alpha value is -11.3. The molecule has 3 aliphatic heterocycles. The van der Waals surface area contributed by atoms with Gasteiger partial charge in [-0.25, -0.2) is 9.69 Å². The molecule has 0 radical (unpaired) electrons. The van der Waals surface area contributed by atoms with Crippen LogP contribution in [0, 0.1) is 17.2 Å². The van der Waals surface area contributed by atoms with E-state index in [4.69, 9.17) is 33.2 Å². The minimum absolute atomic E-state index is 0.00753. The first-order valence-electron chi connectivity index (χ1n) is 38.2. The van der Waals surface area contributed by atoms with E-state index in [0.717, 1.165) is 26.8 Å². The fraction of sp³-hybridized carbons (Fsp3) is 0.427. The number of nitrogens with one attached hydrogen (secondary N) is 11. The predicted octanol–water partition coefficient (Wildman–Crippen LogP) is 2.91. The fourth-order valence-corrected chi connectivity index (χ4v) is 13.8. The zero-order chi connectivity index (χ0) is 81.4. The van der Waals surface area contributed by atoms with Gasteiger partial charge in [-0.15, -0.1) is 0 Å². The standard InChI is InChI=1S/C82H103ClN16O14/c1-48(2)39-62(72(103)90-61(17-11-33-87-81(85)86)79(110)98-34-12-18-68(98)77(108)88-50(5)70(84)101)91-73(104)63(43-53-26-31-60(32-27-53)89-71(102)49(3)4)92-74(105)64(42-52-19-21-55(22-20-52)46-97-35-37-113-38-36-97)93-76(107)67(47-100)95-75(106)65(41-51-13-7-6-8-14-51)94-78(109)69(45-54-24-29-59(83)30-25-54)99-80(111)66(96-82(99)112)44-56-23-28-57-15-9-10-16-58(57)40-56/h6-10,13-16,19-32,40,48-50,61-69,100H,11-12,17-18,33-39,41-47H2,1-5H3,(H2,84,101)(H,88,108)(H,89,102)(H,90,103)(H,91,104)(H,92,105)(H,93,107)(H,94,109)(H,95,106)(H,96,112)(H4,85,86,87)/t50-,61+,62+,63-,64+,65-,66?,67+,68+,69?/m1/s1. The molecule has 602 valence electrons. The number of halogens is 1. The van der Waals surface area contributed by atoms with E-state index in [1.54, 1.807) is 119 Å². The summed E-state index contributed by atoms with van der Waals surface area (Å²) < 4.78 is 5.56. The molecule has 3 heterocycles. The smallest absolute Gasteiger partial charge is 0.325 e. The van der Waals surface area contributed by atoms with Crippen LogP contribution < -0.4 is 64.6 Å². The Morgan fingerprint density at radius 1 is 0.575 bits per heavy atom. The molecule has 0 bridgehead atoms. The summed E-state index contributed by atoms with van der Waals surface area (Å²) in [6.07, 6.45) is -0.0270. The number of imide groups is 1. The third-order valence-electron chi connectivity index (χ3n) is 20.0. The molecule has 0 aliphatic carbocycles. The number of hydrogen-bond acceptors (Lipinski definition) is 16. The number of benzene rings is 6. The van der Waals surface area contributed by atoms with Gasteiger partial charge in [-0.3, -0.25) is 63.0 Å². The lowest BCUT2D eigenvalue weighted by atomic mass is 9.99. The lowest BCUT2D eigenvalue weighted by Crippen LogP contribution is -2.61. The Labute approximate surface area is 661 Å². The van der Waals surface area contributed by atoms with Gasteiger partial charge in [-0.1, -0.05) is 161 Å². The Balaban J connectivity index is 1.000. The molecule has 113 heavy (non-hydrogen) atoms. The van der Waals surface area contributed by atoms with E-state index in [2.05, 4.69) is 58.1 Å². The van der Waals surface area contributed by atoms with Crippen LogP contribution in [0.2, 0.25) is 5.02 Å². The predicted molar refractivity (Wildman–Crippen MR) is 425 cm³/mol. The lowest BCUT2D eigenvalue weighted by Gasteiger charge is -2.31. The molecule has 10 atom stereocenters. The van der Waals surface area contributed by atoms with Crippen LogP contribution in [0.4, 0.5) is 10.5 Å². The number of rotatable bonds is 38. The Bertz CT molecular complexity index is 4360. The number of anilines is 1. The van der Waals surface area contributed by atoms with Gasteiger partial charge in [0.1, 0.15) is 60.4 Å². The van der Waals surface area contributed by atoms with Gasteiger partial charge in [-0.2, -0.15) is 0 Å². The zero-order valence-corrected chi connectivity index (χ0v) is 64.9. The second-order valence-corrected chi connectivity index (χ2v) is 30.0. The number of likely N-dealkylation sites (tertiary alicyclic amines) is 1. The van der Waals surface area contributed by atoms with Crippen molar-refractivity contribution in [1.29, 1.82) is 5.41 Å². The summed E-state index contributed by atoms with van der Waals surface area (Å²) in [6, 6.07) is 27.3. The fourth-order valence-electron chi connectivity index (χ4n) is 13.7. The van der Waals surface area contributed by atoms with Crippen molar-refractivity contribution in [3.63, 3.8) is 0 Å². The van der Waals surface area contributed by atoms with E-state index in [0.29, 0.717) is 72.2 Å². The maximum Gasteiger partial charge on any atom is 0.325 e. The van der Waals surface area contributed by atoms with E-state index in [-0.39, 0.29) is 94.6 Å². The second kappa shape index (κ2) is 41.3. The largest absolute Gasteiger partial charge is 0.394 e. The zero-order valence-electron chi connectivity index (χ0n) is 64.1. The SMILES string of the molecule is CC(C)C[C@H](NC(=O)[C@@H](Cc1ccc(NC(=O)C(C)C)cc1)NC(=O)[C@H](Cc1ccc(CN2CCOCC2)cc1)NC(=O)[C@H](CO)NC(=O)[C@@H](Cc1ccccc1)NC(=O)C(Cc1ccc(Cl)cc1)N1C(=O)NC(Cc2ccc3ccccc3c2)C1=O)C(=O)N[C@@H](CCCNC(=N)N)C(=O)N1CCC[C@H]1C(=O)N[C@H](C)C(N)=O. The third kappa shape index (κ3) is 25.1. The number of nitrogens with two attached hydrogens (primary N) is 2. The molecule has 31 heteroatoms. The summed E-state index contributed by atoms with van der Waals surface area (Å²) in [5.41, 5.74) is 15.2. The van der Waals surface area contributed by atoms with Crippen molar-refractivity contribution in [3.05, 3.63) is 184 Å². The average molecular weight is 1570 g/mol. The molecular weight excluding hydrogens is 1470 g/mol. The first-order valence-corrected chi connectivity index (χ1v) is 38.6. The van der Waals surface area contributed by atoms with Crippen LogP contribution in [0.15, 0.2) is 146 Å². The number of amides is 13. The van der Waals surface area contributed by atoms with E-state index in [1.165, 1.54) is 11.8 Å². The summed E-state index contributed by atoms with van der Waals surface area (Å²) in [7, 11) is 0. The van der Waals surface area contributed by atoms with Gasteiger partial charge in [0.15, 0.2) is 5.96 Å². The number of ether oxygens (including phenoxy) is 1. The number of carbonyl (C=O) groups is 12. The molecule has 3 aliphatic rings. The van der Waals surface area contributed by atoms with Crippen LogP contribution in [0.25, 0.3) is 10.8 Å². The van der Waals surface area contributed by atoms with Crippen LogP contribution in [0.3, 0.4) is 0 Å². The average Bonchev–Trinajstić information content (AvgIpc) is 1.66. The number of nitrogens with zero attached hydrogens (tertiary/aromatic N) is 3. The van der Waals surface area contributed by atoms with Crippen LogP contribution in [-0.4, -0.2) is 203 Å². The van der Waals surface area contributed by atoms with E-state index in [9.17, 15) is 38.7 Å². The lowest BCUT2D eigenvalue weighted by molar-refractivity contribution is -0.142. The number of urea groups is 1. The number of morpholine rings is 1. The second-order valence-electron chi connectivity index (χ2n) is 29.6. The molecule has 2 unspecified atom stereocenters. The highest BCUT2D eigenvalue weighted by Crippen LogP contribution is 2.25. The first-order chi connectivity index (χ1) is 54.1. The topological polar surface area (TPSA) is 440 Å². The third-order valence-corrected chi connectivity index (χ3v) is 20.2. The molecule has 13 amide bonds. The van der Waals surface area contributed by atoms with Crippen LogP contribution in [-0.2, 0) is 96.1 Å². The van der Waals surface area contributed by atoms with Crippen molar-refractivity contribution in [1.82, 2.24) is 62.6 Å². The maximum atomic E-state index is 15.5. The Kier molecular flexibility index (Phi) is 31.3. The van der Waals surface area contributed by atoms with Crippen molar-refractivity contribution in [2.24, 2.45) is 23.3 Å². The highest BCUT2D eigenvalue weighted by Gasteiger charge is 2.46. The summed E-state index contributed by atoms with van der Waals surface area (Å²) in [6.45, 7) is 10.8. The van der Waals surface area contributed by atoms with Crippen LogP contribution in [0.5, 0.6) is 0 Å². The van der Waals surface area contributed by atoms with Gasteiger partial charge in [-0.05, 0) is 113 Å². The minimum Gasteiger partial charge on any atom is -0.394 e. The van der Waals surface area contributed by atoms with Crippen LogP contribution in [0.1, 0.15) is 100 Å². The maximum absolute atomic E-state index is 15.5. The number of aliphatic hydroxyl groups excluding tert-OH is 1. The van der Waals surface area contributed by atoms with E-state index >= 15 is 24.0 Å². The molecule has 16 N–H and O–H groups in total. The van der Waals surface area contributed by atoms with Crippen molar-refractivity contribution in [2.45, 2.75) is 166 Å². The number of hydrogen-bond donors (Lipinski definition) is 14. The highest BCUT2D eigenvalue weighted by atomic mass is 35.5. The quantitative estimate of drug-likeness (QED) is 0.0115. The number of carbonyl (C=O) groups excluding carboxylic acids is 12. The van der Waals surface area contributed by atoms with Gasteiger partial charge < -0.3 is 79.4 Å². The summed E-state index contributed by atoms with van der Waals surface area (Å²) in [5.74, 6) is -9.62. The monoisotopic (exact) mass is 1570 g/mol. The molecule has 6 aromatic rings. The summed E-state index contributed by atoms with van der Waals surface area (Å²) in [5, 5.41) is 48.5. The molecule has 3 fully saturated rings. The highest BCUT2D eigenvalue weighted by molar-refractivity contribution is 6.30. The van der Waals surface area contributed by atoms with Crippen molar-refractivity contribution in [3.8, 4) is 0 Å². The normalized spacial score (nSPS) is 17.1. The van der Waals surface area contributed by atoms with Crippen LogP contribution >= 0.6 is 11.6 Å². The van der Waals surface area contributed by atoms with Gasteiger partial charge in [0.25, 0.3) is 5.91 Å². The molecular formula is C82H103ClN16O14. The van der Waals surface area contributed by atoms with Crippen molar-refractivity contribution in [2.75, 3.05) is 51.3 Å². The van der Waals surface area contributed by atoms with Gasteiger partial charge in [0.05, 0.1) is 19.8 Å². The summed E-state index contributed by atoms with van der Waals surface area (Å²) >= 11 is 6.29. The molecule has 0 spiro atoms. The Morgan fingerprint density at radius 3 is 1.68 bits per heavy atom. The molecule has 30 nitrogen and oxygen atoms in total. The molecule has 3 saturated heterocycles. The molecule has 0 aromatic heterocycles. The number of fused-ring (bicyclic) bond motifs is 1. The van der Waals surface area contributed by atoms with Crippen molar-refractivity contribution < 1.29 is 67.4 Å². The van der Waals surface area contributed by atoms with Gasteiger partial charge in [0, 0.05) is 81.5 Å². The molecule has 6 aromatic carbocycles. The number of primary amides is 1. The van der Waals surface area contributed by atoms with E-state index in [1.807, 2.05) is 54.6 Å².